The fourth-order valence-electron chi connectivity index (χ4n) is 6.64. The molecule has 0 bridgehead atoms. The van der Waals surface area contributed by atoms with E-state index in [1.165, 1.54) is 11.3 Å². The molecule has 0 radical (unpaired) electrons. The molecule has 4 aromatic rings. The number of nitrogens with zero attached hydrogens (tertiary/aromatic N) is 7. The largest absolute Gasteiger partial charge is 0.506 e. The molecule has 3 N–H and O–H groups in total. The number of nitrogens with one attached hydrogen (secondary N) is 1. The Morgan fingerprint density at radius 1 is 0.830 bits per heavy atom. The normalized spacial score (nSPS) is 14.2. The van der Waals surface area contributed by atoms with Gasteiger partial charge in [0, 0.05) is 61.2 Å². The summed E-state index contributed by atoms with van der Waals surface area (Å²) in [4.78, 5) is 2.42. The first-order valence-corrected chi connectivity index (χ1v) is 17.0. The van der Waals surface area contributed by atoms with E-state index in [2.05, 4.69) is 46.0 Å². The van der Waals surface area contributed by atoms with Crippen LogP contribution >= 0.6 is 0 Å². The SMILES string of the molecule is CCNc1cc(O)c(/N=N/c2ccc[n+](CCCCCC[n+]3ccccc3N=Nc3cc4c5c(c3O)CCCN5CCC4)c2)cc1C. The van der Waals surface area contributed by atoms with E-state index in [0.717, 1.165) is 112 Å². The molecule has 2 aromatic carbocycles. The molecule has 0 atom stereocenters. The van der Waals surface area contributed by atoms with Gasteiger partial charge in [-0.25, -0.2) is 9.13 Å². The van der Waals surface area contributed by atoms with Gasteiger partial charge in [0.2, 0.25) is 0 Å². The number of aromatic nitrogens is 2. The number of hydrogen-bond donors (Lipinski definition) is 3. The predicted octanol–water partition coefficient (Wildman–Crippen LogP) is 8.20. The van der Waals surface area contributed by atoms with Gasteiger partial charge in [-0.1, -0.05) is 6.07 Å². The predicted molar refractivity (Wildman–Crippen MR) is 184 cm³/mol. The molecule has 2 aliphatic heterocycles. The highest BCUT2D eigenvalue weighted by Crippen LogP contribution is 2.45. The highest BCUT2D eigenvalue weighted by molar-refractivity contribution is 5.74. The van der Waals surface area contributed by atoms with Crippen molar-refractivity contribution in [3.8, 4) is 11.5 Å². The van der Waals surface area contributed by atoms with Crippen LogP contribution in [-0.2, 0) is 25.9 Å². The number of anilines is 2. The van der Waals surface area contributed by atoms with Crippen LogP contribution in [0, 0.1) is 6.92 Å². The van der Waals surface area contributed by atoms with E-state index in [1.54, 1.807) is 6.07 Å². The fraction of sp³-hybridized carbons (Fsp3) is 0.405. The molecule has 4 heterocycles. The van der Waals surface area contributed by atoms with Crippen LogP contribution in [0.1, 0.15) is 62.1 Å². The van der Waals surface area contributed by atoms with Gasteiger partial charge in [-0.2, -0.15) is 0 Å². The number of phenols is 2. The topological polar surface area (TPSA) is 113 Å². The van der Waals surface area contributed by atoms with Gasteiger partial charge in [0.25, 0.3) is 0 Å². The Hall–Kier alpha value is -4.86. The molecular formula is C37H46N8O2+2. The Labute approximate surface area is 277 Å². The molecule has 2 aliphatic rings. The van der Waals surface area contributed by atoms with Gasteiger partial charge in [0.1, 0.15) is 23.7 Å². The summed E-state index contributed by atoms with van der Waals surface area (Å²) in [5.41, 5.74) is 7.26. The minimum atomic E-state index is 0.109. The molecule has 0 amide bonds. The first-order chi connectivity index (χ1) is 23.0. The van der Waals surface area contributed by atoms with E-state index in [0.29, 0.717) is 11.4 Å². The molecule has 244 valence electrons. The van der Waals surface area contributed by atoms with E-state index in [1.807, 2.05) is 68.7 Å². The summed E-state index contributed by atoms with van der Waals surface area (Å²) in [7, 11) is 0. The minimum absolute atomic E-state index is 0.109. The van der Waals surface area contributed by atoms with Gasteiger partial charge in [0.15, 0.2) is 23.8 Å². The van der Waals surface area contributed by atoms with Crippen molar-refractivity contribution in [3.05, 3.63) is 83.8 Å². The lowest BCUT2D eigenvalue weighted by molar-refractivity contribution is -0.697. The van der Waals surface area contributed by atoms with Crippen molar-refractivity contribution in [1.82, 2.24) is 0 Å². The molecule has 0 aliphatic carbocycles. The second-order valence-electron chi connectivity index (χ2n) is 12.5. The lowest BCUT2D eigenvalue weighted by atomic mass is 9.90. The molecule has 10 nitrogen and oxygen atoms in total. The summed E-state index contributed by atoms with van der Waals surface area (Å²) in [6.45, 7) is 8.70. The summed E-state index contributed by atoms with van der Waals surface area (Å²) < 4.78 is 4.28. The molecule has 0 spiro atoms. The zero-order valence-corrected chi connectivity index (χ0v) is 27.6. The van der Waals surface area contributed by atoms with Gasteiger partial charge in [-0.3, -0.25) is 0 Å². The number of benzene rings is 2. The van der Waals surface area contributed by atoms with Crippen LogP contribution in [0.25, 0.3) is 0 Å². The highest BCUT2D eigenvalue weighted by atomic mass is 16.3. The molecule has 0 fully saturated rings. The molecule has 47 heavy (non-hydrogen) atoms. The number of phenolic OH excluding ortho intramolecular Hbond substituents is 2. The lowest BCUT2D eigenvalue weighted by Gasteiger charge is -2.37. The van der Waals surface area contributed by atoms with Crippen LogP contribution in [0.15, 0.2) is 87.6 Å². The number of rotatable bonds is 13. The third kappa shape index (κ3) is 7.76. The third-order valence-electron chi connectivity index (χ3n) is 9.02. The smallest absolute Gasteiger partial charge is 0.350 e. The first-order valence-electron chi connectivity index (χ1n) is 17.0. The van der Waals surface area contributed by atoms with Crippen LogP contribution in [0.4, 0.5) is 34.3 Å². The lowest BCUT2D eigenvalue weighted by Crippen LogP contribution is -2.34. The quantitative estimate of drug-likeness (QED) is 0.0782. The maximum atomic E-state index is 11.1. The summed E-state index contributed by atoms with van der Waals surface area (Å²) in [5.74, 6) is 1.19. The molecule has 10 heteroatoms. The van der Waals surface area contributed by atoms with Gasteiger partial charge >= 0.3 is 5.82 Å². The maximum absolute atomic E-state index is 11.1. The Balaban J connectivity index is 0.996. The van der Waals surface area contributed by atoms with Crippen LogP contribution in [0.5, 0.6) is 11.5 Å². The van der Waals surface area contributed by atoms with Crippen molar-refractivity contribution in [2.45, 2.75) is 78.3 Å². The molecule has 0 saturated carbocycles. The van der Waals surface area contributed by atoms with Gasteiger partial charge < -0.3 is 20.4 Å². The Kier molecular flexibility index (Phi) is 10.3. The Bertz CT molecular complexity index is 1770. The van der Waals surface area contributed by atoms with E-state index in [-0.39, 0.29) is 11.5 Å². The first kappa shape index (κ1) is 32.1. The second kappa shape index (κ2) is 15.2. The van der Waals surface area contributed by atoms with Crippen LogP contribution in [-0.4, -0.2) is 29.8 Å². The third-order valence-corrected chi connectivity index (χ3v) is 9.02. The van der Waals surface area contributed by atoms with Crippen molar-refractivity contribution < 1.29 is 19.3 Å². The van der Waals surface area contributed by atoms with Gasteiger partial charge in [0.05, 0.1) is 17.9 Å². The molecule has 0 saturated heterocycles. The van der Waals surface area contributed by atoms with Crippen molar-refractivity contribution in [2.75, 3.05) is 29.9 Å². The molecular weight excluding hydrogens is 588 g/mol. The van der Waals surface area contributed by atoms with Crippen molar-refractivity contribution in [3.63, 3.8) is 0 Å². The minimum Gasteiger partial charge on any atom is -0.506 e. The van der Waals surface area contributed by atoms with Crippen LogP contribution < -0.4 is 19.4 Å². The second-order valence-corrected chi connectivity index (χ2v) is 12.5. The van der Waals surface area contributed by atoms with Crippen molar-refractivity contribution in [1.29, 1.82) is 0 Å². The standard InChI is InChI=1S/C37H44N8O2/c1-3-38-31-25-34(46)32(23-27(31)2)40-39-29-14-11-18-43(26-29)17-7-4-5-8-19-44-20-9-6-16-35(44)42-41-33-24-28-13-10-21-45-22-12-15-30(36(28)45)37(33)47/h6,9,11,14,16,18,20,23-26H,3-5,7-8,10,12-13,15,17,19,21-22H2,1-2H3,(H-,38,39,46)/p+2. The number of pyridine rings is 2. The number of aromatic hydroxyl groups is 2. The fourth-order valence-corrected chi connectivity index (χ4v) is 6.64. The average Bonchev–Trinajstić information content (AvgIpc) is 3.09. The van der Waals surface area contributed by atoms with E-state index in [9.17, 15) is 10.2 Å². The Morgan fingerprint density at radius 3 is 2.49 bits per heavy atom. The average molecular weight is 635 g/mol. The maximum Gasteiger partial charge on any atom is 0.350 e. The number of unbranched alkanes of at least 4 members (excludes halogenated alkanes) is 3. The summed E-state index contributed by atoms with van der Waals surface area (Å²) in [6, 6.07) is 15.5. The highest BCUT2D eigenvalue weighted by Gasteiger charge is 2.28. The van der Waals surface area contributed by atoms with Gasteiger partial charge in [-0.15, -0.1) is 10.2 Å². The summed E-state index contributed by atoms with van der Waals surface area (Å²) in [6.07, 6.45) is 14.5. The van der Waals surface area contributed by atoms with Crippen LogP contribution in [0.2, 0.25) is 0 Å². The number of hydrogen-bond acceptors (Lipinski definition) is 8. The van der Waals surface area contributed by atoms with Gasteiger partial charge in [-0.05, 0) is 99.3 Å². The monoisotopic (exact) mass is 634 g/mol. The molecule has 6 rings (SSSR count). The van der Waals surface area contributed by atoms with Crippen molar-refractivity contribution in [2.24, 2.45) is 20.5 Å². The zero-order chi connectivity index (χ0) is 32.6. The number of azo groups is 2. The van der Waals surface area contributed by atoms with E-state index < -0.39 is 0 Å². The molecule has 0 unspecified atom stereocenters. The Morgan fingerprint density at radius 2 is 1.64 bits per heavy atom. The van der Waals surface area contributed by atoms with E-state index >= 15 is 0 Å². The van der Waals surface area contributed by atoms with Crippen LogP contribution in [0.3, 0.4) is 0 Å². The van der Waals surface area contributed by atoms with E-state index in [4.69, 9.17) is 0 Å². The summed E-state index contributed by atoms with van der Waals surface area (Å²) >= 11 is 0. The zero-order valence-electron chi connectivity index (χ0n) is 27.6. The number of aryl methyl sites for hydroxylation is 4. The summed E-state index contributed by atoms with van der Waals surface area (Å²) in [5, 5.41) is 42.5. The molecule has 2 aromatic heterocycles. The van der Waals surface area contributed by atoms with Crippen molar-refractivity contribution >= 4 is 34.3 Å².